The van der Waals surface area contributed by atoms with Gasteiger partial charge in [-0.05, 0) is 12.5 Å². The predicted octanol–water partition coefficient (Wildman–Crippen LogP) is 2.05. The van der Waals surface area contributed by atoms with Crippen LogP contribution in [-0.2, 0) is 6.54 Å². The average molecular weight is 231 g/mol. The Morgan fingerprint density at radius 1 is 1.41 bits per heavy atom. The van der Waals surface area contributed by atoms with Gasteiger partial charge in [-0.25, -0.2) is 9.48 Å². The second kappa shape index (κ2) is 4.78. The fourth-order valence-electron chi connectivity index (χ4n) is 1.74. The van der Waals surface area contributed by atoms with Crippen LogP contribution in [0.3, 0.4) is 0 Å². The van der Waals surface area contributed by atoms with Gasteiger partial charge < -0.3 is 5.11 Å². The molecule has 5 nitrogen and oxygen atoms in total. The molecule has 0 atom stereocenters. The molecule has 2 rings (SSSR count). The minimum absolute atomic E-state index is 0.271. The highest BCUT2D eigenvalue weighted by atomic mass is 16.4. The van der Waals surface area contributed by atoms with E-state index in [2.05, 4.69) is 10.3 Å². The second-order valence-electron chi connectivity index (χ2n) is 3.69. The van der Waals surface area contributed by atoms with Gasteiger partial charge in [0.05, 0.1) is 17.5 Å². The summed E-state index contributed by atoms with van der Waals surface area (Å²) in [6.07, 6.45) is 2.52. The first-order valence-corrected chi connectivity index (χ1v) is 5.45. The fourth-order valence-corrected chi connectivity index (χ4v) is 1.74. The van der Waals surface area contributed by atoms with Gasteiger partial charge in [0.2, 0.25) is 0 Å². The molecule has 1 N–H and O–H groups in total. The highest BCUT2D eigenvalue weighted by Gasteiger charge is 2.14. The first-order valence-electron chi connectivity index (χ1n) is 5.45. The summed E-state index contributed by atoms with van der Waals surface area (Å²) in [6.45, 7) is 2.76. The van der Waals surface area contributed by atoms with Gasteiger partial charge in [-0.1, -0.05) is 30.3 Å². The first kappa shape index (κ1) is 11.3. The Labute approximate surface area is 98.7 Å². The molecule has 0 fully saturated rings. The summed E-state index contributed by atoms with van der Waals surface area (Å²) < 4.78 is 1.72. The number of carboxylic acid groups (broad SMARTS) is 1. The maximum absolute atomic E-state index is 11.1. The Balaban J connectivity index is 2.52. The summed E-state index contributed by atoms with van der Waals surface area (Å²) in [5.41, 5.74) is 1.66. The first-order chi connectivity index (χ1) is 8.24. The highest BCUT2D eigenvalue weighted by molar-refractivity contribution is 5.95. The van der Waals surface area contributed by atoms with Crippen molar-refractivity contribution in [2.45, 2.75) is 19.9 Å². The molecule has 5 heteroatoms. The topological polar surface area (TPSA) is 68.0 Å². The lowest BCUT2D eigenvalue weighted by molar-refractivity contribution is 0.0697. The number of nitrogens with zero attached hydrogens (tertiary/aromatic N) is 3. The lowest BCUT2D eigenvalue weighted by Gasteiger charge is -2.07. The summed E-state index contributed by atoms with van der Waals surface area (Å²) in [5, 5.41) is 16.9. The van der Waals surface area contributed by atoms with Crippen LogP contribution in [-0.4, -0.2) is 26.1 Å². The van der Waals surface area contributed by atoms with Crippen LogP contribution in [0.2, 0.25) is 0 Å². The number of carboxylic acids is 1. The van der Waals surface area contributed by atoms with Gasteiger partial charge in [0.1, 0.15) is 0 Å². The van der Waals surface area contributed by atoms with E-state index in [1.54, 1.807) is 29.1 Å². The SMILES string of the molecule is CCCn1nncc1-c1ccccc1C(=O)O. The van der Waals surface area contributed by atoms with Crippen LogP contribution < -0.4 is 0 Å². The molecule has 1 aromatic heterocycles. The van der Waals surface area contributed by atoms with E-state index in [0.717, 1.165) is 18.7 Å². The number of benzene rings is 1. The smallest absolute Gasteiger partial charge is 0.336 e. The van der Waals surface area contributed by atoms with Crippen LogP contribution in [0.15, 0.2) is 30.5 Å². The molecular formula is C12H13N3O2. The molecule has 0 aliphatic rings. The third-order valence-electron chi connectivity index (χ3n) is 2.49. The molecule has 0 spiro atoms. The van der Waals surface area contributed by atoms with Gasteiger partial charge in [0.25, 0.3) is 0 Å². The Bertz CT molecular complexity index is 534. The molecule has 17 heavy (non-hydrogen) atoms. The number of aromatic nitrogens is 3. The van der Waals surface area contributed by atoms with Gasteiger partial charge in [-0.3, -0.25) is 0 Å². The largest absolute Gasteiger partial charge is 0.478 e. The predicted molar refractivity (Wildman–Crippen MR) is 62.7 cm³/mol. The van der Waals surface area contributed by atoms with Crippen molar-refractivity contribution >= 4 is 5.97 Å². The van der Waals surface area contributed by atoms with E-state index in [-0.39, 0.29) is 5.56 Å². The van der Waals surface area contributed by atoms with Gasteiger partial charge in [0, 0.05) is 12.1 Å². The molecule has 0 unspecified atom stereocenters. The van der Waals surface area contributed by atoms with E-state index in [1.807, 2.05) is 13.0 Å². The number of carbonyl (C=O) groups is 1. The van der Waals surface area contributed by atoms with E-state index in [1.165, 1.54) is 0 Å². The number of aromatic carboxylic acids is 1. The van der Waals surface area contributed by atoms with E-state index in [0.29, 0.717) is 5.56 Å². The minimum Gasteiger partial charge on any atom is -0.478 e. The summed E-state index contributed by atoms with van der Waals surface area (Å²) in [6, 6.07) is 6.88. The van der Waals surface area contributed by atoms with Crippen molar-refractivity contribution < 1.29 is 9.90 Å². The fraction of sp³-hybridized carbons (Fsp3) is 0.250. The summed E-state index contributed by atoms with van der Waals surface area (Å²) in [5.74, 6) is -0.940. The van der Waals surface area contributed by atoms with Gasteiger partial charge in [0.15, 0.2) is 0 Å². The Hall–Kier alpha value is -2.17. The van der Waals surface area contributed by atoms with E-state index in [9.17, 15) is 4.79 Å². The standard InChI is InChI=1S/C12H13N3O2/c1-2-7-15-11(8-13-14-15)9-5-3-4-6-10(9)12(16)17/h3-6,8H,2,7H2,1H3,(H,16,17). The molecule has 0 aliphatic heterocycles. The summed E-state index contributed by atoms with van der Waals surface area (Å²) in [4.78, 5) is 11.1. The third-order valence-corrected chi connectivity index (χ3v) is 2.49. The van der Waals surface area contributed by atoms with E-state index in [4.69, 9.17) is 5.11 Å². The third kappa shape index (κ3) is 2.18. The van der Waals surface area contributed by atoms with Crippen molar-refractivity contribution in [3.8, 4) is 11.3 Å². The Morgan fingerprint density at radius 3 is 2.88 bits per heavy atom. The summed E-state index contributed by atoms with van der Waals surface area (Å²) >= 11 is 0. The second-order valence-corrected chi connectivity index (χ2v) is 3.69. The molecule has 0 saturated heterocycles. The van der Waals surface area contributed by atoms with Crippen LogP contribution >= 0.6 is 0 Å². The van der Waals surface area contributed by atoms with Crippen LogP contribution in [0.4, 0.5) is 0 Å². The van der Waals surface area contributed by atoms with Crippen LogP contribution in [0, 0.1) is 0 Å². The zero-order valence-corrected chi connectivity index (χ0v) is 9.50. The quantitative estimate of drug-likeness (QED) is 0.874. The van der Waals surface area contributed by atoms with Crippen LogP contribution in [0.25, 0.3) is 11.3 Å². The molecule has 88 valence electrons. The number of hydrogen-bond acceptors (Lipinski definition) is 3. The van der Waals surface area contributed by atoms with E-state index >= 15 is 0 Å². The molecule has 0 bridgehead atoms. The van der Waals surface area contributed by atoms with Gasteiger partial charge in [-0.2, -0.15) is 0 Å². The molecule has 0 saturated carbocycles. The van der Waals surface area contributed by atoms with Crippen molar-refractivity contribution in [3.05, 3.63) is 36.0 Å². The average Bonchev–Trinajstić information content (AvgIpc) is 2.77. The summed E-state index contributed by atoms with van der Waals surface area (Å²) in [7, 11) is 0. The zero-order chi connectivity index (χ0) is 12.3. The maximum atomic E-state index is 11.1. The molecule has 0 radical (unpaired) electrons. The maximum Gasteiger partial charge on any atom is 0.336 e. The number of rotatable bonds is 4. The number of aryl methyl sites for hydroxylation is 1. The van der Waals surface area contributed by atoms with Crippen LogP contribution in [0.5, 0.6) is 0 Å². The minimum atomic E-state index is -0.940. The van der Waals surface area contributed by atoms with Crippen LogP contribution in [0.1, 0.15) is 23.7 Å². The van der Waals surface area contributed by atoms with Crippen molar-refractivity contribution in [1.29, 1.82) is 0 Å². The van der Waals surface area contributed by atoms with Crippen molar-refractivity contribution in [2.24, 2.45) is 0 Å². The molecule has 1 aromatic carbocycles. The molecular weight excluding hydrogens is 218 g/mol. The monoisotopic (exact) mass is 231 g/mol. The molecule has 2 aromatic rings. The number of hydrogen-bond donors (Lipinski definition) is 1. The zero-order valence-electron chi connectivity index (χ0n) is 9.50. The van der Waals surface area contributed by atoms with Gasteiger partial charge >= 0.3 is 5.97 Å². The Kier molecular flexibility index (Phi) is 3.18. The molecule has 0 aliphatic carbocycles. The highest BCUT2D eigenvalue weighted by Crippen LogP contribution is 2.22. The van der Waals surface area contributed by atoms with Crippen molar-refractivity contribution in [1.82, 2.24) is 15.0 Å². The lowest BCUT2D eigenvalue weighted by Crippen LogP contribution is -2.05. The Morgan fingerprint density at radius 2 is 2.18 bits per heavy atom. The molecule has 0 amide bonds. The van der Waals surface area contributed by atoms with Crippen molar-refractivity contribution in [2.75, 3.05) is 0 Å². The lowest BCUT2D eigenvalue weighted by atomic mass is 10.1. The normalized spacial score (nSPS) is 10.4. The van der Waals surface area contributed by atoms with Crippen molar-refractivity contribution in [3.63, 3.8) is 0 Å². The molecule has 1 heterocycles. The van der Waals surface area contributed by atoms with Gasteiger partial charge in [-0.15, -0.1) is 5.10 Å². The van der Waals surface area contributed by atoms with E-state index < -0.39 is 5.97 Å².